The number of nitrogen functional groups attached to an aromatic ring is 2. The number of anilines is 2. The number of fused-ring (bicyclic) bond motifs is 4. The second kappa shape index (κ2) is 11.2. The third-order valence-corrected chi connectivity index (χ3v) is 9.93. The number of nitrogens with two attached hydrogens (primary N) is 2. The van der Waals surface area contributed by atoms with Crippen LogP contribution in [0.25, 0.3) is 22.3 Å². The van der Waals surface area contributed by atoms with Gasteiger partial charge in [-0.2, -0.15) is 9.97 Å². The van der Waals surface area contributed by atoms with Gasteiger partial charge in [0.25, 0.3) is 18.6 Å². The highest BCUT2D eigenvalue weighted by Gasteiger charge is 2.53. The van der Waals surface area contributed by atoms with Crippen LogP contribution in [0, 0.1) is 0 Å². The van der Waals surface area contributed by atoms with Crippen molar-refractivity contribution in [3.8, 4) is 0 Å². The summed E-state index contributed by atoms with van der Waals surface area (Å²) in [5.41, 5.74) is 9.22. The van der Waals surface area contributed by atoms with Gasteiger partial charge in [-0.15, -0.1) is 0 Å². The molecule has 0 bridgehead atoms. The van der Waals surface area contributed by atoms with Gasteiger partial charge in [-0.05, 0) is 11.8 Å². The second-order valence-electron chi connectivity index (χ2n) is 10.3. The van der Waals surface area contributed by atoms with Crippen molar-refractivity contribution in [3.63, 3.8) is 0 Å². The van der Waals surface area contributed by atoms with E-state index in [0.29, 0.717) is 0 Å². The number of ether oxygens (including phenoxy) is 2. The molecule has 3 aliphatic heterocycles. The average Bonchev–Trinajstić information content (AvgIpc) is 3.72. The topological polar surface area (TPSA) is 272 Å². The minimum Gasteiger partial charge on any atom is -0.369 e. The van der Waals surface area contributed by atoms with Crippen LogP contribution in [0.4, 0.5) is 20.7 Å². The summed E-state index contributed by atoms with van der Waals surface area (Å²) in [7, 11) is 1.13. The number of aromatic amines is 2. The quantitative estimate of drug-likeness (QED) is 0.126. The first-order valence-electron chi connectivity index (χ1n) is 13.1. The number of imidazole rings is 2. The predicted molar refractivity (Wildman–Crippen MR) is 154 cm³/mol. The largest absolute Gasteiger partial charge is 0.369 e. The van der Waals surface area contributed by atoms with Crippen molar-refractivity contribution in [2.75, 3.05) is 24.7 Å². The molecule has 244 valence electrons. The molecule has 46 heavy (non-hydrogen) atoms. The van der Waals surface area contributed by atoms with Crippen LogP contribution in [-0.2, 0) is 43.9 Å². The molecule has 3 saturated heterocycles. The Hall–Kier alpha value is -3.18. The van der Waals surface area contributed by atoms with Crippen molar-refractivity contribution in [2.24, 2.45) is 0 Å². The van der Waals surface area contributed by atoms with E-state index < -0.39 is 87.7 Å². The molecule has 7 heterocycles. The number of H-pyrrole nitrogens is 2. The van der Waals surface area contributed by atoms with Crippen LogP contribution in [0.15, 0.2) is 22.2 Å². The number of rotatable bonds is 2. The molecule has 6 unspecified atom stereocenters. The molecule has 0 spiro atoms. The highest BCUT2D eigenvalue weighted by Crippen LogP contribution is 2.54. The summed E-state index contributed by atoms with van der Waals surface area (Å²) in [6, 6.07) is 0. The molecule has 3 aliphatic rings. The lowest BCUT2D eigenvalue weighted by molar-refractivity contribution is -0.0565. The Balaban J connectivity index is 1.18. The van der Waals surface area contributed by atoms with Gasteiger partial charge in [0.05, 0.1) is 25.9 Å². The van der Waals surface area contributed by atoms with Gasteiger partial charge in [0.1, 0.15) is 24.4 Å². The highest BCUT2D eigenvalue weighted by atomic mass is 32.5. The number of hydrogen-bond acceptors (Lipinski definition) is 16. The van der Waals surface area contributed by atoms with Gasteiger partial charge in [0.2, 0.25) is 19.5 Å². The lowest BCUT2D eigenvalue weighted by Crippen LogP contribution is -2.37. The number of alkyl halides is 2. The molecule has 7 rings (SSSR count). The fourth-order valence-corrected chi connectivity index (χ4v) is 7.79. The van der Waals surface area contributed by atoms with Gasteiger partial charge in [0.15, 0.2) is 47.1 Å². The van der Waals surface area contributed by atoms with E-state index in [0.717, 1.165) is 21.8 Å². The van der Waals surface area contributed by atoms with Crippen LogP contribution < -0.4 is 22.6 Å². The zero-order chi connectivity index (χ0) is 32.7. The summed E-state index contributed by atoms with van der Waals surface area (Å²) >= 11 is 5.11. The molecule has 20 nitrogen and oxygen atoms in total. The third kappa shape index (κ3) is 5.47. The standard InChI is InChI=1S/C20H21BF2N10O10P2S/c21-44(36)38-1-5-12(8(23)18(40-5)33-4-27-10-14(33)29-20(25)31-16(10)35)43-45(37,46)39-2-6-11(42-44)7(22)17(41-6)32-3-26-9-13(32)28-19(24)30-15(9)34/h3-8,11-12,17-18H,1-2H2,(H,37,46)(H3,24,28,30,34)(H3,25,29,31,35)/t5-,6-,7?,8?,11?,12?,17-,18-,44?,45?/m1/s1. The zero-order valence-electron chi connectivity index (χ0n) is 22.8. The first-order chi connectivity index (χ1) is 21.7. The van der Waals surface area contributed by atoms with Crippen LogP contribution in [0.3, 0.4) is 0 Å². The number of hydrogen-bond donors (Lipinski definition) is 5. The lowest BCUT2D eigenvalue weighted by atomic mass is 10.1. The smallest absolute Gasteiger partial charge is 0.325 e. The maximum Gasteiger partial charge on any atom is 0.325 e. The Bertz CT molecular complexity index is 1920. The molecular formula is C20H21BF2N10O10P2S. The fraction of sp³-hybridized carbons (Fsp3) is 0.500. The molecule has 3 fully saturated rings. The monoisotopic (exact) mass is 704 g/mol. The molecule has 26 heteroatoms. The van der Waals surface area contributed by atoms with Gasteiger partial charge in [-0.3, -0.25) is 37.8 Å². The molecule has 4 aromatic rings. The zero-order valence-corrected chi connectivity index (χ0v) is 25.4. The molecular weight excluding hydrogens is 683 g/mol. The van der Waals surface area contributed by atoms with Crippen LogP contribution in [-0.4, -0.2) is 101 Å². The summed E-state index contributed by atoms with van der Waals surface area (Å²) in [6.45, 7) is -5.86. The molecule has 4 aromatic heterocycles. The van der Waals surface area contributed by atoms with E-state index in [1.54, 1.807) is 0 Å². The summed E-state index contributed by atoms with van der Waals surface area (Å²) < 4.78 is 80.4. The van der Waals surface area contributed by atoms with E-state index in [1.165, 1.54) is 0 Å². The first-order valence-corrected chi connectivity index (χ1v) is 17.3. The molecule has 10 atom stereocenters. The Morgan fingerprint density at radius 3 is 1.85 bits per heavy atom. The maximum absolute atomic E-state index is 16.0. The van der Waals surface area contributed by atoms with E-state index in [4.69, 9.17) is 58.4 Å². The van der Waals surface area contributed by atoms with Gasteiger partial charge < -0.3 is 39.4 Å². The van der Waals surface area contributed by atoms with Gasteiger partial charge >= 0.3 is 6.72 Å². The van der Waals surface area contributed by atoms with Crippen molar-refractivity contribution in [2.45, 2.75) is 49.2 Å². The minimum absolute atomic E-state index is 0.138. The number of nitrogens with zero attached hydrogens (tertiary/aromatic N) is 6. The van der Waals surface area contributed by atoms with Gasteiger partial charge in [-0.1, -0.05) is 0 Å². The number of nitrogens with one attached hydrogen (secondary N) is 2. The van der Waals surface area contributed by atoms with Crippen molar-refractivity contribution >= 4 is 67.8 Å². The van der Waals surface area contributed by atoms with E-state index in [2.05, 4.69) is 29.9 Å². The maximum atomic E-state index is 16.0. The number of aromatic nitrogens is 8. The summed E-state index contributed by atoms with van der Waals surface area (Å²) in [4.78, 5) is 55.6. The Morgan fingerprint density at radius 2 is 1.35 bits per heavy atom. The van der Waals surface area contributed by atoms with E-state index in [-0.39, 0.29) is 34.2 Å². The SMILES string of the molecule is [B]P1(=O)OC[C@H]2O[C@@H](n3cnc4c(=O)[nH]c(N)nc43)C(F)C2OP(O)(=S)OC[C@H]2O[C@@H](n3cnc4c(=O)[nH]c(N)nc43)C(F)C2O1. The van der Waals surface area contributed by atoms with Crippen LogP contribution in [0.5, 0.6) is 0 Å². The molecule has 0 aromatic carbocycles. The molecule has 2 radical (unpaired) electrons. The van der Waals surface area contributed by atoms with Crippen molar-refractivity contribution < 1.29 is 45.8 Å². The van der Waals surface area contributed by atoms with Crippen molar-refractivity contribution in [1.82, 2.24) is 39.0 Å². The third-order valence-electron chi connectivity index (χ3n) is 7.33. The van der Waals surface area contributed by atoms with E-state index >= 15 is 8.78 Å². The Kier molecular flexibility index (Phi) is 7.66. The van der Waals surface area contributed by atoms with E-state index in [1.807, 2.05) is 0 Å². The Labute approximate surface area is 259 Å². The van der Waals surface area contributed by atoms with Crippen LogP contribution >= 0.6 is 14.2 Å². The van der Waals surface area contributed by atoms with E-state index in [9.17, 15) is 19.0 Å². The molecule has 0 aliphatic carbocycles. The highest BCUT2D eigenvalue weighted by molar-refractivity contribution is 8.07. The summed E-state index contributed by atoms with van der Waals surface area (Å²) in [5.74, 6) is -0.566. The average molecular weight is 704 g/mol. The summed E-state index contributed by atoms with van der Waals surface area (Å²) in [6.07, 6.45) is -11.8. The minimum atomic E-state index is -4.67. The van der Waals surface area contributed by atoms with Crippen LogP contribution in [0.1, 0.15) is 12.5 Å². The predicted octanol–water partition coefficient (Wildman–Crippen LogP) is -0.801. The normalized spacial score (nSPS) is 37.1. The lowest BCUT2D eigenvalue weighted by Gasteiger charge is -2.29. The summed E-state index contributed by atoms with van der Waals surface area (Å²) in [5, 5.41) is 0. The van der Waals surface area contributed by atoms with Crippen LogP contribution in [0.2, 0.25) is 0 Å². The van der Waals surface area contributed by atoms with Gasteiger partial charge in [0, 0.05) is 0 Å². The molecule has 0 amide bonds. The first kappa shape index (κ1) is 31.4. The van der Waals surface area contributed by atoms with Crippen molar-refractivity contribution in [1.29, 1.82) is 0 Å². The Morgan fingerprint density at radius 1 is 0.891 bits per heavy atom. The molecule has 7 N–H and O–H groups in total. The van der Waals surface area contributed by atoms with Crippen molar-refractivity contribution in [3.05, 3.63) is 33.4 Å². The second-order valence-corrected chi connectivity index (χ2v) is 14.6. The molecule has 0 saturated carbocycles. The van der Waals surface area contributed by atoms with Gasteiger partial charge in [-0.25, -0.2) is 18.7 Å². The fourth-order valence-electron chi connectivity index (χ4n) is 5.34. The number of halogens is 2.